The van der Waals surface area contributed by atoms with E-state index in [0.717, 1.165) is 32.8 Å². The zero-order valence-electron chi connectivity index (χ0n) is 11.1. The Morgan fingerprint density at radius 1 is 1.40 bits per heavy atom. The van der Waals surface area contributed by atoms with Gasteiger partial charge in [-0.2, -0.15) is 5.10 Å². The molecule has 1 fully saturated rings. The van der Waals surface area contributed by atoms with E-state index in [2.05, 4.69) is 15.3 Å². The number of morpholine rings is 1. The Balaban J connectivity index is 1.72. The van der Waals surface area contributed by atoms with Gasteiger partial charge in [-0.3, -0.25) is 9.69 Å². The van der Waals surface area contributed by atoms with Gasteiger partial charge in [-0.05, 0) is 6.07 Å². The van der Waals surface area contributed by atoms with E-state index in [-0.39, 0.29) is 18.1 Å². The van der Waals surface area contributed by atoms with Gasteiger partial charge in [0.25, 0.3) is 0 Å². The van der Waals surface area contributed by atoms with Crippen LogP contribution in [0.5, 0.6) is 0 Å². The molecule has 2 rings (SSSR count). The molecule has 1 aliphatic rings. The number of nitrogens with one attached hydrogen (secondary N) is 1. The summed E-state index contributed by atoms with van der Waals surface area (Å²) in [6.07, 6.45) is 1.37. The minimum Gasteiger partial charge on any atom is -0.477 e. The van der Waals surface area contributed by atoms with Crippen LogP contribution in [0.1, 0.15) is 10.5 Å². The molecular formula is C12H18N4O4. The van der Waals surface area contributed by atoms with Gasteiger partial charge in [0.2, 0.25) is 5.91 Å². The standard InChI is InChI=1S/C12H18N4O4/c17-11(9-16-10(12(18)19)1-2-14-16)13-3-4-15-5-7-20-8-6-15/h1-2H,3-9H2,(H,13,17)(H,18,19). The zero-order chi connectivity index (χ0) is 14.4. The molecule has 8 heteroatoms. The first-order chi connectivity index (χ1) is 9.66. The topological polar surface area (TPSA) is 96.7 Å². The number of nitrogens with zero attached hydrogens (tertiary/aromatic N) is 3. The number of carbonyl (C=O) groups excluding carboxylic acids is 1. The van der Waals surface area contributed by atoms with Crippen molar-refractivity contribution in [2.45, 2.75) is 6.54 Å². The third-order valence-electron chi connectivity index (χ3n) is 3.08. The molecule has 1 aliphatic heterocycles. The summed E-state index contributed by atoms with van der Waals surface area (Å²) in [5.74, 6) is -1.34. The quantitative estimate of drug-likeness (QED) is 0.697. The van der Waals surface area contributed by atoms with E-state index in [1.807, 2.05) is 0 Å². The Morgan fingerprint density at radius 2 is 2.15 bits per heavy atom. The maximum absolute atomic E-state index is 11.7. The fourth-order valence-corrected chi connectivity index (χ4v) is 2.01. The highest BCUT2D eigenvalue weighted by atomic mass is 16.5. The third kappa shape index (κ3) is 4.04. The highest BCUT2D eigenvalue weighted by Crippen LogP contribution is 1.98. The van der Waals surface area contributed by atoms with Gasteiger partial charge in [0, 0.05) is 32.4 Å². The van der Waals surface area contributed by atoms with E-state index in [1.54, 1.807) is 0 Å². The summed E-state index contributed by atoms with van der Waals surface area (Å²) in [5.41, 5.74) is 0.00771. The summed E-state index contributed by atoms with van der Waals surface area (Å²) < 4.78 is 6.41. The van der Waals surface area contributed by atoms with Gasteiger partial charge in [0.1, 0.15) is 12.2 Å². The highest BCUT2D eigenvalue weighted by molar-refractivity contribution is 5.86. The van der Waals surface area contributed by atoms with Gasteiger partial charge < -0.3 is 15.2 Å². The van der Waals surface area contributed by atoms with Crippen LogP contribution in [0.4, 0.5) is 0 Å². The van der Waals surface area contributed by atoms with Gasteiger partial charge in [-0.1, -0.05) is 0 Å². The largest absolute Gasteiger partial charge is 0.477 e. The van der Waals surface area contributed by atoms with Crippen molar-refractivity contribution in [2.75, 3.05) is 39.4 Å². The Bertz CT molecular complexity index is 468. The van der Waals surface area contributed by atoms with Gasteiger partial charge in [-0.25, -0.2) is 9.48 Å². The summed E-state index contributed by atoms with van der Waals surface area (Å²) in [6, 6.07) is 1.36. The van der Waals surface area contributed by atoms with Crippen LogP contribution >= 0.6 is 0 Å². The van der Waals surface area contributed by atoms with Crippen LogP contribution in [0, 0.1) is 0 Å². The van der Waals surface area contributed by atoms with E-state index in [0.29, 0.717) is 6.54 Å². The third-order valence-corrected chi connectivity index (χ3v) is 3.08. The fraction of sp³-hybridized carbons (Fsp3) is 0.583. The number of carboxylic acids is 1. The number of carboxylic acid groups (broad SMARTS) is 1. The maximum atomic E-state index is 11.7. The molecule has 1 amide bonds. The molecule has 0 aliphatic carbocycles. The second-order valence-electron chi connectivity index (χ2n) is 4.48. The summed E-state index contributed by atoms with van der Waals surface area (Å²) >= 11 is 0. The van der Waals surface area contributed by atoms with Crippen molar-refractivity contribution in [3.63, 3.8) is 0 Å². The average molecular weight is 282 g/mol. The van der Waals surface area contributed by atoms with E-state index in [9.17, 15) is 9.59 Å². The number of rotatable bonds is 6. The molecule has 8 nitrogen and oxygen atoms in total. The summed E-state index contributed by atoms with van der Waals surface area (Å²) in [6.45, 7) is 4.41. The smallest absolute Gasteiger partial charge is 0.354 e. The molecule has 0 atom stereocenters. The predicted molar refractivity (Wildman–Crippen MR) is 69.5 cm³/mol. The SMILES string of the molecule is O=C(Cn1nccc1C(=O)O)NCCN1CCOCC1. The molecule has 0 spiro atoms. The molecule has 0 unspecified atom stereocenters. The Morgan fingerprint density at radius 3 is 2.85 bits per heavy atom. The van der Waals surface area contributed by atoms with Gasteiger partial charge in [-0.15, -0.1) is 0 Å². The van der Waals surface area contributed by atoms with E-state index in [1.165, 1.54) is 16.9 Å². The average Bonchev–Trinajstić information content (AvgIpc) is 2.88. The number of carbonyl (C=O) groups is 2. The Kier molecular flexibility index (Phi) is 5.08. The first-order valence-electron chi connectivity index (χ1n) is 6.49. The predicted octanol–water partition coefficient (Wildman–Crippen LogP) is -0.970. The lowest BCUT2D eigenvalue weighted by Crippen LogP contribution is -2.42. The first-order valence-corrected chi connectivity index (χ1v) is 6.49. The Hall–Kier alpha value is -1.93. The summed E-state index contributed by atoms with van der Waals surface area (Å²) in [4.78, 5) is 24.8. The van der Waals surface area contributed by atoms with Gasteiger partial charge >= 0.3 is 5.97 Å². The molecule has 2 N–H and O–H groups in total. The lowest BCUT2D eigenvalue weighted by molar-refractivity contribution is -0.121. The molecule has 1 aromatic heterocycles. The van der Waals surface area contributed by atoms with E-state index >= 15 is 0 Å². The molecule has 0 bridgehead atoms. The van der Waals surface area contributed by atoms with Crippen molar-refractivity contribution in [1.82, 2.24) is 20.0 Å². The van der Waals surface area contributed by atoms with Crippen LogP contribution in [0.15, 0.2) is 12.3 Å². The molecular weight excluding hydrogens is 264 g/mol. The minimum absolute atomic E-state index is 0.00771. The lowest BCUT2D eigenvalue weighted by Gasteiger charge is -2.26. The van der Waals surface area contributed by atoms with Crippen molar-refractivity contribution < 1.29 is 19.4 Å². The second-order valence-corrected chi connectivity index (χ2v) is 4.48. The molecule has 2 heterocycles. The van der Waals surface area contributed by atoms with Gasteiger partial charge in [0.05, 0.1) is 13.2 Å². The van der Waals surface area contributed by atoms with Crippen LogP contribution in [-0.2, 0) is 16.1 Å². The molecule has 1 saturated heterocycles. The molecule has 20 heavy (non-hydrogen) atoms. The summed E-state index contributed by atoms with van der Waals surface area (Å²) in [7, 11) is 0. The number of amides is 1. The van der Waals surface area contributed by atoms with Crippen LogP contribution in [0.2, 0.25) is 0 Å². The number of hydrogen-bond donors (Lipinski definition) is 2. The molecule has 1 aromatic rings. The lowest BCUT2D eigenvalue weighted by atomic mass is 10.4. The van der Waals surface area contributed by atoms with Crippen molar-refractivity contribution in [3.05, 3.63) is 18.0 Å². The molecule has 110 valence electrons. The number of aromatic nitrogens is 2. The van der Waals surface area contributed by atoms with Crippen molar-refractivity contribution >= 4 is 11.9 Å². The fourth-order valence-electron chi connectivity index (χ4n) is 2.01. The first kappa shape index (κ1) is 14.5. The normalized spacial score (nSPS) is 16.0. The van der Waals surface area contributed by atoms with Crippen molar-refractivity contribution in [2.24, 2.45) is 0 Å². The van der Waals surface area contributed by atoms with E-state index in [4.69, 9.17) is 9.84 Å². The number of hydrogen-bond acceptors (Lipinski definition) is 5. The van der Waals surface area contributed by atoms with Gasteiger partial charge in [0.15, 0.2) is 0 Å². The van der Waals surface area contributed by atoms with Crippen molar-refractivity contribution in [3.8, 4) is 0 Å². The molecule has 0 radical (unpaired) electrons. The van der Waals surface area contributed by atoms with Crippen LogP contribution < -0.4 is 5.32 Å². The highest BCUT2D eigenvalue weighted by Gasteiger charge is 2.13. The van der Waals surface area contributed by atoms with E-state index < -0.39 is 5.97 Å². The number of aromatic carboxylic acids is 1. The van der Waals surface area contributed by atoms with Crippen LogP contribution in [-0.4, -0.2) is 71.1 Å². The Labute approximate surface area is 116 Å². The maximum Gasteiger partial charge on any atom is 0.354 e. The summed E-state index contributed by atoms with van der Waals surface area (Å²) in [5, 5.41) is 15.5. The van der Waals surface area contributed by atoms with Crippen molar-refractivity contribution in [1.29, 1.82) is 0 Å². The second kappa shape index (κ2) is 7.01. The monoisotopic (exact) mass is 282 g/mol. The van der Waals surface area contributed by atoms with Crippen LogP contribution in [0.25, 0.3) is 0 Å². The van der Waals surface area contributed by atoms with Crippen LogP contribution in [0.3, 0.4) is 0 Å². The molecule has 0 saturated carbocycles. The zero-order valence-corrected chi connectivity index (χ0v) is 11.1. The number of ether oxygens (including phenoxy) is 1. The minimum atomic E-state index is -1.09. The molecule has 0 aromatic carbocycles.